The lowest BCUT2D eigenvalue weighted by molar-refractivity contribution is -0.302. The van der Waals surface area contributed by atoms with Crippen LogP contribution in [0.4, 0.5) is 0 Å². The summed E-state index contributed by atoms with van der Waals surface area (Å²) in [5.74, 6) is -0.188. The standard InChI is InChI=1S/C42H79NO8/c1-3-5-7-9-11-13-15-17-18-19-20-21-23-25-27-29-31-36(45)35(34-50-42-41(49)40(48)39(47)37(33-44)51-42)43-38(46)32-30-28-26-24-22-16-14-12-10-8-6-4-2/h21,23,29,31,35-37,39-42,44-45,47-49H,3-20,22,24-28,30,32-34H2,1-2H3,(H,43,46)/b23-21+,31-29+. The molecule has 1 aliphatic rings. The molecule has 51 heavy (non-hydrogen) atoms. The molecule has 7 atom stereocenters. The molecule has 0 aliphatic carbocycles. The van der Waals surface area contributed by atoms with Gasteiger partial charge in [0.1, 0.15) is 24.4 Å². The molecule has 0 aromatic carbocycles. The Labute approximate surface area is 311 Å². The van der Waals surface area contributed by atoms with Crippen molar-refractivity contribution in [3.05, 3.63) is 24.3 Å². The first-order valence-electron chi connectivity index (χ1n) is 21.1. The van der Waals surface area contributed by atoms with E-state index in [1.165, 1.54) is 122 Å². The maximum atomic E-state index is 12.9. The Bertz CT molecular complexity index is 853. The number of ether oxygens (including phenoxy) is 2. The topological polar surface area (TPSA) is 149 Å². The van der Waals surface area contributed by atoms with E-state index in [-0.39, 0.29) is 12.5 Å². The molecule has 9 nitrogen and oxygen atoms in total. The molecule has 0 spiro atoms. The van der Waals surface area contributed by atoms with Crippen LogP contribution in [0.25, 0.3) is 0 Å². The van der Waals surface area contributed by atoms with Crippen molar-refractivity contribution in [3.63, 3.8) is 0 Å². The van der Waals surface area contributed by atoms with Gasteiger partial charge in [0.25, 0.3) is 0 Å². The van der Waals surface area contributed by atoms with E-state index in [2.05, 4.69) is 31.3 Å². The molecule has 1 amide bonds. The van der Waals surface area contributed by atoms with E-state index in [0.29, 0.717) is 6.42 Å². The Hall–Kier alpha value is -1.33. The zero-order valence-corrected chi connectivity index (χ0v) is 32.6. The normalized spacial score (nSPS) is 22.2. The van der Waals surface area contributed by atoms with Crippen LogP contribution in [-0.4, -0.2) is 87.5 Å². The average Bonchev–Trinajstić information content (AvgIpc) is 3.13. The van der Waals surface area contributed by atoms with Gasteiger partial charge in [0.15, 0.2) is 6.29 Å². The zero-order chi connectivity index (χ0) is 37.4. The summed E-state index contributed by atoms with van der Waals surface area (Å²) in [5.41, 5.74) is 0. The van der Waals surface area contributed by atoms with Crippen molar-refractivity contribution in [2.75, 3.05) is 13.2 Å². The van der Waals surface area contributed by atoms with Crippen LogP contribution in [0.15, 0.2) is 24.3 Å². The van der Waals surface area contributed by atoms with Crippen LogP contribution in [0, 0.1) is 0 Å². The van der Waals surface area contributed by atoms with Gasteiger partial charge in [0.2, 0.25) is 5.91 Å². The summed E-state index contributed by atoms with van der Waals surface area (Å²) in [6.07, 6.45) is 30.8. The van der Waals surface area contributed by atoms with Crippen LogP contribution in [0.1, 0.15) is 181 Å². The number of aliphatic hydroxyl groups is 5. The molecule has 0 aromatic rings. The molecule has 0 aromatic heterocycles. The molecular weight excluding hydrogens is 646 g/mol. The zero-order valence-electron chi connectivity index (χ0n) is 32.6. The molecule has 0 radical (unpaired) electrons. The molecule has 1 fully saturated rings. The summed E-state index contributed by atoms with van der Waals surface area (Å²) >= 11 is 0. The molecular formula is C42H79NO8. The van der Waals surface area contributed by atoms with Crippen molar-refractivity contribution in [2.45, 2.75) is 224 Å². The van der Waals surface area contributed by atoms with Crippen LogP contribution < -0.4 is 5.32 Å². The summed E-state index contributed by atoms with van der Waals surface area (Å²) in [6, 6.07) is -0.815. The smallest absolute Gasteiger partial charge is 0.220 e. The van der Waals surface area contributed by atoms with Gasteiger partial charge < -0.3 is 40.3 Å². The van der Waals surface area contributed by atoms with Crippen LogP contribution in [0.3, 0.4) is 0 Å². The van der Waals surface area contributed by atoms with E-state index in [1.54, 1.807) is 6.08 Å². The van der Waals surface area contributed by atoms with Crippen LogP contribution in [0.2, 0.25) is 0 Å². The first kappa shape index (κ1) is 47.7. The molecule has 7 unspecified atom stereocenters. The number of hydrogen-bond acceptors (Lipinski definition) is 8. The van der Waals surface area contributed by atoms with Gasteiger partial charge >= 0.3 is 0 Å². The number of carbonyl (C=O) groups is 1. The summed E-state index contributed by atoms with van der Waals surface area (Å²) in [6.45, 7) is 3.74. The second-order valence-corrected chi connectivity index (χ2v) is 14.8. The fraction of sp³-hybridized carbons (Fsp3) is 0.881. The highest BCUT2D eigenvalue weighted by Gasteiger charge is 2.44. The lowest BCUT2D eigenvalue weighted by atomic mass is 9.99. The van der Waals surface area contributed by atoms with Gasteiger partial charge in [-0.05, 0) is 32.1 Å². The van der Waals surface area contributed by atoms with Crippen molar-refractivity contribution in [2.24, 2.45) is 0 Å². The third-order valence-corrected chi connectivity index (χ3v) is 10.0. The first-order valence-corrected chi connectivity index (χ1v) is 21.1. The quantitative estimate of drug-likeness (QED) is 0.0289. The second kappa shape index (κ2) is 33.3. The Kier molecular flexibility index (Phi) is 31.1. The Morgan fingerprint density at radius 1 is 0.647 bits per heavy atom. The summed E-state index contributed by atoms with van der Waals surface area (Å²) in [4.78, 5) is 12.9. The number of amides is 1. The van der Waals surface area contributed by atoms with Crippen molar-refractivity contribution < 1.29 is 39.8 Å². The lowest BCUT2D eigenvalue weighted by Crippen LogP contribution is -2.60. The Morgan fingerprint density at radius 2 is 1.12 bits per heavy atom. The highest BCUT2D eigenvalue weighted by Crippen LogP contribution is 2.22. The minimum Gasteiger partial charge on any atom is -0.394 e. The summed E-state index contributed by atoms with van der Waals surface area (Å²) in [5, 5.41) is 54.0. The number of allylic oxidation sites excluding steroid dienone is 3. The lowest BCUT2D eigenvalue weighted by Gasteiger charge is -2.40. The third-order valence-electron chi connectivity index (χ3n) is 10.0. The maximum absolute atomic E-state index is 12.9. The van der Waals surface area contributed by atoms with Crippen molar-refractivity contribution in [3.8, 4) is 0 Å². The van der Waals surface area contributed by atoms with Gasteiger partial charge in [-0.1, -0.05) is 167 Å². The van der Waals surface area contributed by atoms with Crippen LogP contribution >= 0.6 is 0 Å². The van der Waals surface area contributed by atoms with E-state index in [0.717, 1.165) is 38.5 Å². The van der Waals surface area contributed by atoms with Crippen LogP contribution in [0.5, 0.6) is 0 Å². The van der Waals surface area contributed by atoms with Gasteiger partial charge in [-0.25, -0.2) is 0 Å². The fourth-order valence-corrected chi connectivity index (χ4v) is 6.58. The molecule has 1 rings (SSSR count). The predicted molar refractivity (Wildman–Crippen MR) is 207 cm³/mol. The number of aliphatic hydroxyl groups excluding tert-OH is 5. The van der Waals surface area contributed by atoms with E-state index in [9.17, 15) is 30.3 Å². The largest absolute Gasteiger partial charge is 0.394 e. The molecule has 0 saturated carbocycles. The van der Waals surface area contributed by atoms with E-state index in [4.69, 9.17) is 9.47 Å². The average molecular weight is 726 g/mol. The third kappa shape index (κ3) is 24.6. The number of hydrogen-bond donors (Lipinski definition) is 6. The molecule has 9 heteroatoms. The minimum absolute atomic E-state index is 0.188. The van der Waals surface area contributed by atoms with E-state index < -0.39 is 49.5 Å². The molecule has 0 bridgehead atoms. The Morgan fingerprint density at radius 3 is 1.65 bits per heavy atom. The van der Waals surface area contributed by atoms with E-state index >= 15 is 0 Å². The summed E-state index contributed by atoms with van der Waals surface area (Å²) < 4.78 is 11.2. The highest BCUT2D eigenvalue weighted by atomic mass is 16.7. The molecule has 1 heterocycles. The monoisotopic (exact) mass is 726 g/mol. The molecule has 1 saturated heterocycles. The van der Waals surface area contributed by atoms with Gasteiger partial charge in [-0.3, -0.25) is 4.79 Å². The second-order valence-electron chi connectivity index (χ2n) is 14.8. The van der Waals surface area contributed by atoms with Crippen molar-refractivity contribution in [1.82, 2.24) is 5.32 Å². The Balaban J connectivity index is 2.44. The number of carbonyl (C=O) groups excluding carboxylic acids is 1. The minimum atomic E-state index is -1.57. The number of rotatable bonds is 34. The predicted octanol–water partition coefficient (Wildman–Crippen LogP) is 7.94. The highest BCUT2D eigenvalue weighted by molar-refractivity contribution is 5.76. The van der Waals surface area contributed by atoms with Crippen molar-refractivity contribution in [1.29, 1.82) is 0 Å². The van der Waals surface area contributed by atoms with Crippen molar-refractivity contribution >= 4 is 5.91 Å². The molecule has 1 aliphatic heterocycles. The number of unbranched alkanes of at least 4 members (excludes halogenated alkanes) is 22. The van der Waals surface area contributed by atoms with Gasteiger partial charge in [0, 0.05) is 6.42 Å². The fourth-order valence-electron chi connectivity index (χ4n) is 6.58. The summed E-state index contributed by atoms with van der Waals surface area (Å²) in [7, 11) is 0. The van der Waals surface area contributed by atoms with Gasteiger partial charge in [-0.2, -0.15) is 0 Å². The SMILES string of the molecule is CCCCCCCCCCCC/C=C/CC/C=C/C(O)C(COC1OC(CO)C(O)C(O)C1O)NC(=O)CCCCCCCCCCCCCC. The number of nitrogens with one attached hydrogen (secondary N) is 1. The van der Waals surface area contributed by atoms with Gasteiger partial charge in [-0.15, -0.1) is 0 Å². The maximum Gasteiger partial charge on any atom is 0.220 e. The first-order chi connectivity index (χ1) is 24.8. The van der Waals surface area contributed by atoms with Gasteiger partial charge in [0.05, 0.1) is 25.4 Å². The van der Waals surface area contributed by atoms with Crippen LogP contribution in [-0.2, 0) is 14.3 Å². The molecule has 300 valence electrons. The van der Waals surface area contributed by atoms with E-state index in [1.807, 2.05) is 6.08 Å². The molecule has 6 N–H and O–H groups in total.